The molecule has 0 aliphatic heterocycles. The van der Waals surface area contributed by atoms with Crippen LogP contribution in [-0.4, -0.2) is 27.6 Å². The number of fused-ring (bicyclic) bond motifs is 1. The molecule has 10 heteroatoms. The summed E-state index contributed by atoms with van der Waals surface area (Å²) >= 11 is 0. The molecule has 3 aromatic rings. The average Bonchev–Trinajstić information content (AvgIpc) is 3.07. The topological polar surface area (TPSA) is 128 Å². The number of ether oxygens (including phenoxy) is 1. The first-order valence-electron chi connectivity index (χ1n) is 7.57. The Hall–Kier alpha value is -2.52. The molecule has 0 spiro atoms. The molecule has 1 heterocycles. The van der Waals surface area contributed by atoms with E-state index in [0.29, 0.717) is 18.7 Å². The van der Waals surface area contributed by atoms with Crippen LogP contribution in [0.3, 0.4) is 0 Å². The predicted molar refractivity (Wildman–Crippen MR) is 93.1 cm³/mol. The maximum absolute atomic E-state index is 5.68. The minimum Gasteiger partial charge on any atom is -0.411 e. The summed E-state index contributed by atoms with van der Waals surface area (Å²) in [5, 5.41) is 11.5. The van der Waals surface area contributed by atoms with Gasteiger partial charge in [0.15, 0.2) is 0 Å². The van der Waals surface area contributed by atoms with Crippen molar-refractivity contribution in [3.63, 3.8) is 0 Å². The fourth-order valence-electron chi connectivity index (χ4n) is 2.21. The zero-order valence-electron chi connectivity index (χ0n) is 13.8. The first-order chi connectivity index (χ1) is 12.3. The molecule has 2 aromatic carbocycles. The van der Waals surface area contributed by atoms with Gasteiger partial charge in [-0.25, -0.2) is 0 Å². The Morgan fingerprint density at radius 1 is 1.12 bits per heavy atom. The third kappa shape index (κ3) is 4.99. The fraction of sp³-hybridized carbons (Fsp3) is 0.188. The van der Waals surface area contributed by atoms with Gasteiger partial charge in [-0.15, -0.1) is 5.10 Å². The summed E-state index contributed by atoms with van der Waals surface area (Å²) in [5.74, 6) is 10.5. The number of nitrogens with two attached hydrogens (primary N) is 2. The molecule has 0 saturated carbocycles. The van der Waals surface area contributed by atoms with Crippen molar-refractivity contribution in [3.8, 4) is 0 Å². The van der Waals surface area contributed by atoms with Crippen LogP contribution in [-0.2, 0) is 38.1 Å². The van der Waals surface area contributed by atoms with E-state index < -0.39 is 0 Å². The van der Waals surface area contributed by atoms with Crippen LogP contribution in [0.5, 0.6) is 0 Å². The van der Waals surface area contributed by atoms with Crippen molar-refractivity contribution in [2.45, 2.75) is 13.2 Å². The number of nitrogens with zero attached hydrogens (tertiary/aromatic N) is 5. The molecule has 0 saturated heterocycles. The van der Waals surface area contributed by atoms with Gasteiger partial charge in [0, 0.05) is 20.1 Å². The van der Waals surface area contributed by atoms with E-state index in [-0.39, 0.29) is 32.5 Å². The van der Waals surface area contributed by atoms with Crippen LogP contribution < -0.4 is 16.5 Å². The van der Waals surface area contributed by atoms with Gasteiger partial charge < -0.3 is 31.8 Å². The zero-order valence-corrected chi connectivity index (χ0v) is 16.2. The van der Waals surface area contributed by atoms with Gasteiger partial charge in [0.05, 0.1) is 13.2 Å². The van der Waals surface area contributed by atoms with Crippen molar-refractivity contribution < 1.29 is 29.7 Å². The average molecular weight is 533 g/mol. The Bertz CT molecular complexity index is 854. The monoisotopic (exact) mass is 533 g/mol. The Balaban J connectivity index is 0.00000243. The molecular weight excluding hydrogens is 514 g/mol. The van der Waals surface area contributed by atoms with Gasteiger partial charge in [0.1, 0.15) is 17.6 Å². The SMILES string of the molecule is N/N=C(/COCc1ccc2c(c1)nnn2OCc1ccccc1)[N-]N.[Ir]. The van der Waals surface area contributed by atoms with E-state index in [2.05, 4.69) is 20.8 Å². The second-order valence-electron chi connectivity index (χ2n) is 5.21. The molecule has 3 rings (SSSR count). The van der Waals surface area contributed by atoms with Crippen LogP contribution in [0.1, 0.15) is 11.1 Å². The van der Waals surface area contributed by atoms with Crippen molar-refractivity contribution in [2.75, 3.05) is 6.61 Å². The van der Waals surface area contributed by atoms with Gasteiger partial charge in [0.25, 0.3) is 0 Å². The van der Waals surface area contributed by atoms with Gasteiger partial charge in [-0.05, 0) is 34.3 Å². The van der Waals surface area contributed by atoms with Gasteiger partial charge in [-0.1, -0.05) is 41.2 Å². The van der Waals surface area contributed by atoms with E-state index in [1.807, 2.05) is 48.5 Å². The van der Waals surface area contributed by atoms with E-state index in [1.54, 1.807) is 0 Å². The Labute approximate surface area is 163 Å². The van der Waals surface area contributed by atoms with E-state index >= 15 is 0 Å². The van der Waals surface area contributed by atoms with Crippen molar-refractivity contribution in [3.05, 3.63) is 65.1 Å². The normalized spacial score (nSPS) is 11.2. The molecule has 0 amide bonds. The number of rotatable bonds is 7. The number of amidine groups is 1. The van der Waals surface area contributed by atoms with Crippen LogP contribution in [0.4, 0.5) is 0 Å². The number of benzene rings is 2. The summed E-state index contributed by atoms with van der Waals surface area (Å²) in [6, 6.07) is 15.5. The van der Waals surface area contributed by atoms with E-state index in [1.165, 1.54) is 4.85 Å². The Morgan fingerprint density at radius 3 is 2.65 bits per heavy atom. The van der Waals surface area contributed by atoms with Crippen LogP contribution in [0, 0.1) is 0 Å². The third-order valence-corrected chi connectivity index (χ3v) is 3.47. The first-order valence-corrected chi connectivity index (χ1v) is 7.57. The van der Waals surface area contributed by atoms with Crippen LogP contribution in [0.15, 0.2) is 53.6 Å². The first kappa shape index (κ1) is 19.8. The summed E-state index contributed by atoms with van der Waals surface area (Å²) in [6.07, 6.45) is 0. The quantitative estimate of drug-likeness (QED) is 0.203. The number of hydrogen-bond donors (Lipinski definition) is 2. The van der Waals surface area contributed by atoms with Gasteiger partial charge in [-0.3, -0.25) is 0 Å². The number of aromatic nitrogens is 3. The largest absolute Gasteiger partial charge is 0.411 e. The van der Waals surface area contributed by atoms with E-state index in [4.69, 9.17) is 21.3 Å². The standard InChI is InChI=1S/C16H18N7O2.Ir/c17-19-16(20-18)11-24-9-13-6-7-15-14(8-13)21-22-23(15)25-10-12-4-2-1-3-5-12;/h1-8H,9-11,17-18H2;/q-1;. The molecule has 4 N–H and O–H groups in total. The molecule has 0 fully saturated rings. The van der Waals surface area contributed by atoms with Crippen molar-refractivity contribution in [1.29, 1.82) is 0 Å². The van der Waals surface area contributed by atoms with E-state index in [0.717, 1.165) is 16.6 Å². The third-order valence-electron chi connectivity index (χ3n) is 3.47. The molecule has 0 bridgehead atoms. The number of hydrazone groups is 1. The van der Waals surface area contributed by atoms with Crippen molar-refractivity contribution in [1.82, 2.24) is 15.2 Å². The molecule has 0 aliphatic carbocycles. The van der Waals surface area contributed by atoms with Crippen LogP contribution in [0.2, 0.25) is 0 Å². The van der Waals surface area contributed by atoms with Gasteiger partial charge >= 0.3 is 0 Å². The molecule has 26 heavy (non-hydrogen) atoms. The van der Waals surface area contributed by atoms with Gasteiger partial charge in [-0.2, -0.15) is 0 Å². The molecule has 139 valence electrons. The van der Waals surface area contributed by atoms with E-state index in [9.17, 15) is 0 Å². The summed E-state index contributed by atoms with van der Waals surface area (Å²) in [6.45, 7) is 0.897. The molecule has 1 radical (unpaired) electrons. The van der Waals surface area contributed by atoms with Crippen LogP contribution >= 0.6 is 0 Å². The van der Waals surface area contributed by atoms with Crippen molar-refractivity contribution >= 4 is 16.9 Å². The molecule has 1 aromatic heterocycles. The maximum atomic E-state index is 5.68. The zero-order chi connectivity index (χ0) is 17.5. The minimum absolute atomic E-state index is 0. The van der Waals surface area contributed by atoms with Crippen molar-refractivity contribution in [2.24, 2.45) is 16.8 Å². The molecule has 9 nitrogen and oxygen atoms in total. The molecule has 0 atom stereocenters. The fourth-order valence-corrected chi connectivity index (χ4v) is 2.21. The molecular formula is C16H18IrN7O2-. The Kier molecular flexibility index (Phi) is 7.49. The molecule has 0 unspecified atom stereocenters. The minimum atomic E-state index is 0. The van der Waals surface area contributed by atoms with Gasteiger partial charge in [0.2, 0.25) is 0 Å². The number of hydrogen-bond acceptors (Lipinski definition) is 7. The summed E-state index contributed by atoms with van der Waals surface area (Å²) < 4.78 is 5.45. The summed E-state index contributed by atoms with van der Waals surface area (Å²) in [7, 11) is 0. The Morgan fingerprint density at radius 2 is 1.92 bits per heavy atom. The maximum Gasteiger partial charge on any atom is 0.142 e. The smallest absolute Gasteiger partial charge is 0.142 e. The summed E-state index contributed by atoms with van der Waals surface area (Å²) in [5.41, 5.74) is 6.87. The van der Waals surface area contributed by atoms with Crippen LogP contribution in [0.25, 0.3) is 16.5 Å². The molecule has 0 aliphatic rings. The predicted octanol–water partition coefficient (Wildman–Crippen LogP) is 1.09. The second-order valence-corrected chi connectivity index (χ2v) is 5.21. The second kappa shape index (κ2) is 9.83. The summed E-state index contributed by atoms with van der Waals surface area (Å²) in [4.78, 5) is 7.10.